The quantitative estimate of drug-likeness (QED) is 0.0848. The summed E-state index contributed by atoms with van der Waals surface area (Å²) in [5.41, 5.74) is 5.89. The molecular weight excluding hydrogens is 1250 g/mol. The van der Waals surface area contributed by atoms with Gasteiger partial charge < -0.3 is 48.1 Å². The fraction of sp³-hybridized carbons (Fsp3) is 0.500. The van der Waals surface area contributed by atoms with Crippen LogP contribution >= 0.6 is 11.6 Å². The van der Waals surface area contributed by atoms with Gasteiger partial charge >= 0.3 is 19.3 Å². The van der Waals surface area contributed by atoms with Crippen molar-refractivity contribution in [3.63, 3.8) is 0 Å². The van der Waals surface area contributed by atoms with Crippen molar-refractivity contribution in [2.75, 3.05) is 23.7 Å². The van der Waals surface area contributed by atoms with Crippen molar-refractivity contribution >= 4 is 71.2 Å². The van der Waals surface area contributed by atoms with E-state index in [0.29, 0.717) is 56.7 Å². The zero-order chi connectivity index (χ0) is 69.9. The standard InChI is InChI=1S/C31H38N8O4.C30H43BN2O6.C7H7ClN6/c1-30(2,3)25-17-42-27(36-25)24(40)13-19-10-11-39(29(41)43-31(4,5)6)15-21-12-20(8-9-23(19)21)26-32-18-33-28(37-26)35-22-14-34-38(7)16-22;1-27(2,3)24-18-36-25(32-24)23(34)16-19-13-14-33(26(35)37-28(4,5)6)17-20-15-21(11-12-22(19)20)31-38-29(7,8)30(9,10)39-31;1-14-3-5(2-11-14)12-7-10-4-9-6(8)13-7/h8-9,12,14,16-19H,10-11,13,15H2,1-7H3,(H,32,33,35,37);11-12,15,18-19H,13-14,16-17H2,1-10H3;2-4H,1H3,(H,9,10,12,13)/t2*19-;/m00./s1. The molecule has 0 saturated carbocycles. The average molecular weight is 1340 g/mol. The molecule has 11 rings (SSSR count). The molecule has 0 unspecified atom stereocenters. The lowest BCUT2D eigenvalue weighted by atomic mass is 9.76. The molecular formula is C68H88BClN16O10. The molecule has 96 heavy (non-hydrogen) atoms. The molecule has 3 aliphatic rings. The number of Topliss-reactive ketones (excluding diaryl/α,β-unsaturated/α-hetero) is 2. The summed E-state index contributed by atoms with van der Waals surface area (Å²) in [6.45, 7) is 32.9. The predicted octanol–water partition coefficient (Wildman–Crippen LogP) is 12.6. The number of fused-ring (bicyclic) bond motifs is 2. The van der Waals surface area contributed by atoms with Gasteiger partial charge in [0.2, 0.25) is 28.7 Å². The summed E-state index contributed by atoms with van der Waals surface area (Å²) < 4.78 is 38.5. The van der Waals surface area contributed by atoms with Crippen LogP contribution in [0.25, 0.3) is 11.4 Å². The maximum atomic E-state index is 13.4. The topological polar surface area (TPSA) is 301 Å². The van der Waals surface area contributed by atoms with Crippen LogP contribution in [0.3, 0.4) is 0 Å². The predicted molar refractivity (Wildman–Crippen MR) is 362 cm³/mol. The number of carbonyl (C=O) groups is 4. The summed E-state index contributed by atoms with van der Waals surface area (Å²) in [5, 5.41) is 14.4. The summed E-state index contributed by atoms with van der Waals surface area (Å²) in [5.74, 6) is 0.892. The summed E-state index contributed by atoms with van der Waals surface area (Å²) >= 11 is 5.59. The van der Waals surface area contributed by atoms with E-state index in [9.17, 15) is 19.2 Å². The third-order valence-corrected chi connectivity index (χ3v) is 16.6. The number of nitrogens with zero attached hydrogens (tertiary/aromatic N) is 14. The fourth-order valence-electron chi connectivity index (χ4n) is 10.6. The highest BCUT2D eigenvalue weighted by Crippen LogP contribution is 2.39. The second-order valence-electron chi connectivity index (χ2n) is 29.3. The van der Waals surface area contributed by atoms with Gasteiger partial charge in [0.05, 0.1) is 46.4 Å². The Bertz CT molecular complexity index is 4060. The lowest BCUT2D eigenvalue weighted by Gasteiger charge is -2.32. The molecule has 0 aliphatic carbocycles. The number of hydrogen-bond donors (Lipinski definition) is 2. The molecule has 0 radical (unpaired) electrons. The van der Waals surface area contributed by atoms with Crippen molar-refractivity contribution in [2.45, 2.75) is 195 Å². The lowest BCUT2D eigenvalue weighted by Crippen LogP contribution is -2.41. The Kier molecular flexibility index (Phi) is 21.1. The van der Waals surface area contributed by atoms with Gasteiger partial charge in [-0.25, -0.2) is 39.5 Å². The Morgan fingerprint density at radius 1 is 0.604 bits per heavy atom. The number of ether oxygens (including phenoxy) is 2. The first-order valence-electron chi connectivity index (χ1n) is 32.0. The van der Waals surface area contributed by atoms with Gasteiger partial charge in [0.1, 0.15) is 36.4 Å². The minimum Gasteiger partial charge on any atom is -0.444 e. The molecule has 2 atom stereocenters. The van der Waals surface area contributed by atoms with Crippen molar-refractivity contribution in [3.8, 4) is 11.4 Å². The molecule has 510 valence electrons. The van der Waals surface area contributed by atoms with Crippen molar-refractivity contribution in [2.24, 2.45) is 14.1 Å². The number of oxazole rings is 2. The number of halogens is 1. The van der Waals surface area contributed by atoms with Crippen LogP contribution in [0, 0.1) is 0 Å². The van der Waals surface area contributed by atoms with Crippen LogP contribution in [-0.4, -0.2) is 136 Å². The first-order valence-corrected chi connectivity index (χ1v) is 32.3. The van der Waals surface area contributed by atoms with Gasteiger partial charge in [0.15, 0.2) is 5.82 Å². The molecule has 2 amide bonds. The van der Waals surface area contributed by atoms with Crippen molar-refractivity contribution < 1.29 is 46.8 Å². The minimum absolute atomic E-state index is 0.107. The summed E-state index contributed by atoms with van der Waals surface area (Å²) in [6.07, 6.45) is 13.7. The molecule has 26 nitrogen and oxygen atoms in total. The van der Waals surface area contributed by atoms with E-state index in [4.69, 9.17) is 39.2 Å². The van der Waals surface area contributed by atoms with Crippen LogP contribution in [-0.2, 0) is 56.8 Å². The number of amides is 2. The normalized spacial score (nSPS) is 16.9. The number of carbonyl (C=O) groups excluding carboxylic acids is 4. The Morgan fingerprint density at radius 2 is 1.05 bits per heavy atom. The number of ketones is 2. The van der Waals surface area contributed by atoms with Gasteiger partial charge in [-0.2, -0.15) is 20.2 Å². The van der Waals surface area contributed by atoms with Crippen LogP contribution in [0.5, 0.6) is 0 Å². The lowest BCUT2D eigenvalue weighted by molar-refractivity contribution is 0.00578. The number of aryl methyl sites for hydroxylation is 2. The summed E-state index contributed by atoms with van der Waals surface area (Å²) in [6, 6.07) is 12.0. The maximum Gasteiger partial charge on any atom is 0.494 e. The third-order valence-electron chi connectivity index (χ3n) is 16.4. The molecule has 2 aromatic carbocycles. The Hall–Kier alpha value is -8.95. The number of rotatable bonds is 12. The second-order valence-corrected chi connectivity index (χ2v) is 29.7. The average Bonchev–Trinajstić information content (AvgIpc) is 1.61. The molecule has 0 spiro atoms. The molecule has 6 aromatic heterocycles. The van der Waals surface area contributed by atoms with Crippen LogP contribution in [0.1, 0.15) is 203 Å². The van der Waals surface area contributed by atoms with Crippen LogP contribution in [0.4, 0.5) is 32.9 Å². The smallest absolute Gasteiger partial charge is 0.444 e. The van der Waals surface area contributed by atoms with Crippen molar-refractivity contribution in [1.29, 1.82) is 0 Å². The van der Waals surface area contributed by atoms with Crippen LogP contribution < -0.4 is 16.1 Å². The number of anilines is 4. The molecule has 3 aliphatic heterocycles. The van der Waals surface area contributed by atoms with Crippen molar-refractivity contribution in [1.82, 2.24) is 69.2 Å². The highest BCUT2D eigenvalue weighted by atomic mass is 35.5. The van der Waals surface area contributed by atoms with Gasteiger partial charge in [-0.15, -0.1) is 0 Å². The van der Waals surface area contributed by atoms with Gasteiger partial charge in [-0.3, -0.25) is 19.0 Å². The third kappa shape index (κ3) is 18.5. The van der Waals surface area contributed by atoms with E-state index >= 15 is 0 Å². The number of benzene rings is 2. The largest absolute Gasteiger partial charge is 0.494 e. The van der Waals surface area contributed by atoms with Gasteiger partial charge in [0, 0.05) is 81.9 Å². The number of nitrogens with one attached hydrogen (secondary N) is 2. The fourth-order valence-corrected chi connectivity index (χ4v) is 10.8. The molecule has 8 aromatic rings. The van der Waals surface area contributed by atoms with E-state index in [1.165, 1.54) is 12.7 Å². The Balaban J connectivity index is 0.000000188. The SMILES string of the molecule is CC(C)(C)OC(=O)N1CC[C@@H](CC(=O)c2nc(C(C)(C)C)co2)c2ccc(B3OC(C)(C)C(C)(C)O3)cc2C1.Cn1cc(Nc2ncnc(-c3ccc4c(c3)CN(C(=O)OC(C)(C)C)CC[C@H]4CC(=O)c3nc(C(C)(C)C)co3)n2)cn1.Cn1cc(Nc2ncnc(Cl)n2)cn1. The Morgan fingerprint density at radius 3 is 1.48 bits per heavy atom. The zero-order valence-corrected chi connectivity index (χ0v) is 58.9. The van der Waals surface area contributed by atoms with E-state index in [1.54, 1.807) is 50.3 Å². The second kappa shape index (κ2) is 28.4. The zero-order valence-electron chi connectivity index (χ0n) is 58.2. The molecule has 28 heteroatoms. The van der Waals surface area contributed by atoms with Crippen molar-refractivity contribution in [3.05, 3.63) is 137 Å². The van der Waals surface area contributed by atoms with E-state index in [0.717, 1.165) is 56.0 Å². The molecule has 9 heterocycles. The molecule has 1 saturated heterocycles. The first kappa shape index (κ1) is 71.4. The van der Waals surface area contributed by atoms with Crippen LogP contribution in [0.15, 0.2) is 95.2 Å². The molecule has 0 bridgehead atoms. The van der Waals surface area contributed by atoms with Gasteiger partial charge in [0.25, 0.3) is 11.8 Å². The van der Waals surface area contributed by atoms with Crippen LogP contribution in [0.2, 0.25) is 5.28 Å². The van der Waals surface area contributed by atoms with E-state index in [1.807, 2.05) is 167 Å². The van der Waals surface area contributed by atoms with Gasteiger partial charge in [-0.05, 0) is 139 Å². The van der Waals surface area contributed by atoms with E-state index in [-0.39, 0.29) is 70.2 Å². The highest BCUT2D eigenvalue weighted by molar-refractivity contribution is 6.62. The molecule has 2 N–H and O–H groups in total. The first-order chi connectivity index (χ1) is 44.8. The summed E-state index contributed by atoms with van der Waals surface area (Å²) in [7, 11) is 3.13. The van der Waals surface area contributed by atoms with E-state index in [2.05, 4.69) is 60.7 Å². The minimum atomic E-state index is -0.637. The maximum absolute atomic E-state index is 13.4. The Labute approximate surface area is 565 Å². The number of aromatic nitrogens is 12. The van der Waals surface area contributed by atoms with Gasteiger partial charge in [-0.1, -0.05) is 71.9 Å². The summed E-state index contributed by atoms with van der Waals surface area (Å²) in [4.78, 5) is 89.9. The molecule has 1 fully saturated rings. The monoisotopic (exact) mass is 1330 g/mol. The van der Waals surface area contributed by atoms with E-state index < -0.39 is 35.6 Å². The number of hydrogen-bond acceptors (Lipinski definition) is 22. The highest BCUT2D eigenvalue weighted by Gasteiger charge is 2.52.